The Kier molecular flexibility index (Phi) is 126. The Morgan fingerprint density at radius 2 is 1.55 bits per heavy atom. The number of rotatable bonds is 0. The van der Waals surface area contributed by atoms with Crippen molar-refractivity contribution >= 4 is 40.3 Å². The third kappa shape index (κ3) is 51.3. The summed E-state index contributed by atoms with van der Waals surface area (Å²) in [5.74, 6) is 5.11. The molecule has 1 aliphatic rings. The Morgan fingerprint density at radius 1 is 1.05 bits per heavy atom. The van der Waals surface area contributed by atoms with Gasteiger partial charge in [-0.25, -0.2) is 18.2 Å². The molecule has 0 saturated carbocycles. The first kappa shape index (κ1) is 49.8. The van der Waals surface area contributed by atoms with E-state index in [2.05, 4.69) is 23.7 Å². The molecule has 1 atom stereocenters. The Labute approximate surface area is 159 Å². The maximum Gasteiger partial charge on any atom is 0.102 e. The molecule has 1 heterocycles. The van der Waals surface area contributed by atoms with Crippen molar-refractivity contribution in [3.05, 3.63) is 77.7 Å². The first-order chi connectivity index (χ1) is 6.41. The zero-order valence-electron chi connectivity index (χ0n) is 13.6. The first-order valence-electron chi connectivity index (χ1n) is 4.37. The molecule has 0 fully saturated rings. The van der Waals surface area contributed by atoms with E-state index in [1.54, 1.807) is 0 Å². The molecule has 0 N–H and O–H groups in total. The number of hydrogen-bond acceptors (Lipinski definition) is 0. The van der Waals surface area contributed by atoms with E-state index in [0.717, 1.165) is 14.6 Å². The van der Waals surface area contributed by atoms with E-state index in [1.165, 1.54) is 0 Å². The largest absolute Gasteiger partial charge is 0.358 e. The maximum absolute atomic E-state index is 3.01. The van der Waals surface area contributed by atoms with E-state index in [4.69, 9.17) is 0 Å². The summed E-state index contributed by atoms with van der Waals surface area (Å²) in [5.41, 5.74) is 0. The van der Waals surface area contributed by atoms with Gasteiger partial charge in [-0.3, -0.25) is 14.3 Å². The van der Waals surface area contributed by atoms with E-state index in [1.807, 2.05) is 45.2 Å². The molecule has 1 aliphatic carbocycles. The van der Waals surface area contributed by atoms with Crippen LogP contribution in [0.4, 0.5) is 0 Å². The van der Waals surface area contributed by atoms with E-state index >= 15 is 0 Å². The SMILES string of the molecule is C[B]C.Cl.Cl.[C-]1=CC=CC1.[CH3-].[CH3-].[CH3-].[CH3-].[Ti].[c-]1ccc[pH]1. The second-order valence-corrected chi connectivity index (χ2v) is 3.31. The molecule has 0 bridgehead atoms. The van der Waals surface area contributed by atoms with Crippen LogP contribution in [0.15, 0.2) is 36.2 Å². The Bertz CT molecular complexity index is 201. The summed E-state index contributed by atoms with van der Waals surface area (Å²) in [6.45, 7) is 4.00. The van der Waals surface area contributed by atoms with Crippen molar-refractivity contribution in [3.63, 3.8) is 0 Å². The number of allylic oxidation sites excluding steroid dienone is 4. The summed E-state index contributed by atoms with van der Waals surface area (Å²) in [5, 5.41) is 0. The molecular weight excluding hydrogens is 341 g/mol. The fourth-order valence-corrected chi connectivity index (χ4v) is 1.06. The van der Waals surface area contributed by atoms with Crippen LogP contribution in [0.5, 0.6) is 0 Å². The third-order valence-corrected chi connectivity index (χ3v) is 1.72. The molecule has 0 aliphatic heterocycles. The van der Waals surface area contributed by atoms with Crippen LogP contribution in [0.2, 0.25) is 13.6 Å². The molecule has 0 spiro atoms. The molecule has 1 radical (unpaired) electrons. The monoisotopic (exact) mass is 369 g/mol. The van der Waals surface area contributed by atoms with Crippen LogP contribution in [0.3, 0.4) is 0 Å². The minimum atomic E-state index is 0. The van der Waals surface area contributed by atoms with Crippen LogP contribution in [0.25, 0.3) is 0 Å². The fraction of sp³-hybridized carbons (Fsp3) is 0.200. The van der Waals surface area contributed by atoms with Gasteiger partial charge in [-0.2, -0.15) is 23.7 Å². The van der Waals surface area contributed by atoms with Gasteiger partial charge < -0.3 is 29.7 Å². The van der Waals surface area contributed by atoms with Crippen LogP contribution in [-0.4, -0.2) is 7.28 Å². The predicted molar refractivity (Wildman–Crippen MR) is 104 cm³/mol. The molecule has 20 heavy (non-hydrogen) atoms. The first-order valence-corrected chi connectivity index (χ1v) is 5.44. The van der Waals surface area contributed by atoms with Gasteiger partial charge in [0.25, 0.3) is 0 Å². The maximum atomic E-state index is 3.01. The molecule has 1 aromatic rings. The zero-order chi connectivity index (χ0) is 9.78. The molecule has 1 aromatic heterocycles. The van der Waals surface area contributed by atoms with Crippen LogP contribution >= 0.6 is 33.0 Å². The smallest absolute Gasteiger partial charge is 0.102 e. The minimum absolute atomic E-state index is 0. The second kappa shape index (κ2) is 50.4. The number of halogens is 2. The topological polar surface area (TPSA) is 0 Å². The minimum Gasteiger partial charge on any atom is -0.358 e. The van der Waals surface area contributed by atoms with Gasteiger partial charge in [0.05, 0.1) is 0 Å². The Balaban J connectivity index is -0.0000000157. The van der Waals surface area contributed by atoms with E-state index < -0.39 is 0 Å². The average molecular weight is 370 g/mol. The van der Waals surface area contributed by atoms with Gasteiger partial charge in [-0.1, -0.05) is 13.6 Å². The molecule has 0 nitrogen and oxygen atoms in total. The summed E-state index contributed by atoms with van der Waals surface area (Å²) in [6.07, 6.45) is 10.0. The van der Waals surface area contributed by atoms with Crippen LogP contribution < -0.4 is 0 Å². The van der Waals surface area contributed by atoms with Crippen molar-refractivity contribution in [2.45, 2.75) is 20.1 Å². The summed E-state index contributed by atoms with van der Waals surface area (Å²) in [4.78, 5) is 0. The van der Waals surface area contributed by atoms with Crippen molar-refractivity contribution in [1.29, 1.82) is 0 Å². The Hall–Kier alpha value is 0.619. The molecular formula is C15H29BCl2PTi-6. The zero-order valence-corrected chi connectivity index (χ0v) is 17.8. The van der Waals surface area contributed by atoms with Crippen molar-refractivity contribution < 1.29 is 21.7 Å². The van der Waals surface area contributed by atoms with Crippen molar-refractivity contribution in [2.75, 3.05) is 0 Å². The molecule has 0 saturated heterocycles. The van der Waals surface area contributed by atoms with Crippen molar-refractivity contribution in [2.24, 2.45) is 0 Å². The van der Waals surface area contributed by atoms with Gasteiger partial charge >= 0.3 is 0 Å². The average Bonchev–Trinajstić information content (AvgIpc) is 2.85. The van der Waals surface area contributed by atoms with E-state index in [0.29, 0.717) is 0 Å². The van der Waals surface area contributed by atoms with Crippen LogP contribution in [-0.2, 0) is 21.7 Å². The summed E-state index contributed by atoms with van der Waals surface area (Å²) in [7, 11) is 2.82. The Morgan fingerprint density at radius 3 is 1.65 bits per heavy atom. The van der Waals surface area contributed by atoms with Crippen LogP contribution in [0.1, 0.15) is 6.42 Å². The van der Waals surface area contributed by atoms with Gasteiger partial charge in [0.2, 0.25) is 0 Å². The van der Waals surface area contributed by atoms with Crippen LogP contribution in [0, 0.1) is 41.6 Å². The summed E-state index contributed by atoms with van der Waals surface area (Å²) in [6, 6.07) is 3.96. The van der Waals surface area contributed by atoms with E-state index in [-0.39, 0.29) is 76.2 Å². The number of hydrogen-bond donors (Lipinski definition) is 0. The van der Waals surface area contributed by atoms with Gasteiger partial charge in [0, 0.05) is 21.7 Å². The molecule has 121 valence electrons. The molecule has 5 heteroatoms. The van der Waals surface area contributed by atoms with Gasteiger partial charge in [0.1, 0.15) is 7.28 Å². The molecule has 1 unspecified atom stereocenters. The van der Waals surface area contributed by atoms with Gasteiger partial charge in [-0.05, 0) is 0 Å². The van der Waals surface area contributed by atoms with Crippen molar-refractivity contribution in [1.82, 2.24) is 0 Å². The predicted octanol–water partition coefficient (Wildman–Crippen LogP) is 6.25. The fourth-order valence-electron chi connectivity index (χ4n) is 0.581. The normalized spacial score (nSPS) is 7.50. The third-order valence-electron chi connectivity index (χ3n) is 1.03. The molecule has 2 rings (SSSR count). The molecule has 0 aromatic carbocycles. The summed E-state index contributed by atoms with van der Waals surface area (Å²) >= 11 is 0. The summed E-state index contributed by atoms with van der Waals surface area (Å²) < 4.78 is 0. The standard InChI is InChI=1S/C5H5.C4H4P.C2H6B.4CH3.2ClH.Ti/c2*1-2-4-5-3-1;1-3-2;;;;;;;/h1-3H,4H2;1-3,5H;1-2H3;4*1H3;2*1H;/q2*-1;;4*-1;;;. The second-order valence-electron chi connectivity index (χ2n) is 2.39. The van der Waals surface area contributed by atoms with E-state index in [9.17, 15) is 0 Å². The quantitative estimate of drug-likeness (QED) is 0.374. The van der Waals surface area contributed by atoms with Gasteiger partial charge in [0.15, 0.2) is 0 Å². The van der Waals surface area contributed by atoms with Gasteiger partial charge in [-0.15, -0.1) is 31.2 Å². The van der Waals surface area contributed by atoms with Crippen molar-refractivity contribution in [3.8, 4) is 0 Å². The molecule has 0 amide bonds.